The molecule has 0 saturated heterocycles. The van der Waals surface area contributed by atoms with Crippen LogP contribution in [-0.4, -0.2) is 0 Å². The van der Waals surface area contributed by atoms with Crippen molar-refractivity contribution in [2.75, 3.05) is 11.5 Å². The van der Waals surface area contributed by atoms with Crippen LogP contribution in [0.3, 0.4) is 0 Å². The van der Waals surface area contributed by atoms with Gasteiger partial charge >= 0.3 is 0 Å². The third kappa shape index (κ3) is 2.02. The molecular weight excluding hydrogens is 280 g/mol. The zero-order valence-corrected chi connectivity index (χ0v) is 13.2. The number of allylic oxidation sites excluding steroid dienone is 6. The Morgan fingerprint density at radius 1 is 0.783 bits per heavy atom. The average Bonchev–Trinajstić information content (AvgIpc) is 2.56. The van der Waals surface area contributed by atoms with E-state index in [2.05, 4.69) is 55.5 Å². The van der Waals surface area contributed by atoms with Gasteiger partial charge in [0.05, 0.1) is 0 Å². The molecule has 2 heteroatoms. The minimum atomic E-state index is -0.137. The molecule has 0 amide bonds. The molecule has 2 aromatic carbocycles. The highest BCUT2D eigenvalue weighted by molar-refractivity contribution is 5.62. The molecule has 0 spiro atoms. The van der Waals surface area contributed by atoms with Crippen molar-refractivity contribution < 1.29 is 0 Å². The van der Waals surface area contributed by atoms with Gasteiger partial charge in [-0.2, -0.15) is 0 Å². The normalized spacial score (nSPS) is 18.9. The van der Waals surface area contributed by atoms with E-state index in [1.54, 1.807) is 0 Å². The summed E-state index contributed by atoms with van der Waals surface area (Å²) in [6.45, 7) is 2.31. The van der Waals surface area contributed by atoms with Crippen LogP contribution in [0.25, 0.3) is 0 Å². The lowest BCUT2D eigenvalue weighted by atomic mass is 9.57. The second kappa shape index (κ2) is 4.88. The number of benzene rings is 2. The van der Waals surface area contributed by atoms with Crippen LogP contribution in [-0.2, 0) is 5.41 Å². The Hall–Kier alpha value is -2.74. The molecule has 0 aliphatic heterocycles. The summed E-state index contributed by atoms with van der Waals surface area (Å²) in [6.07, 6.45) is 8.83. The monoisotopic (exact) mass is 300 g/mol. The van der Waals surface area contributed by atoms with Gasteiger partial charge < -0.3 is 11.5 Å². The first-order valence-corrected chi connectivity index (χ1v) is 7.91. The van der Waals surface area contributed by atoms with Crippen LogP contribution < -0.4 is 11.5 Å². The van der Waals surface area contributed by atoms with Crippen molar-refractivity contribution in [2.24, 2.45) is 5.92 Å². The Labute approximate surface area is 136 Å². The molecule has 0 fully saturated rings. The fourth-order valence-electron chi connectivity index (χ4n) is 3.84. The number of nitrogens with two attached hydrogens (primary N) is 2. The van der Waals surface area contributed by atoms with Gasteiger partial charge in [-0.1, -0.05) is 55.5 Å². The number of fused-ring (bicyclic) bond motifs is 2. The lowest BCUT2D eigenvalue weighted by Gasteiger charge is -2.46. The molecule has 1 unspecified atom stereocenters. The molecule has 2 nitrogen and oxygen atoms in total. The van der Waals surface area contributed by atoms with E-state index >= 15 is 0 Å². The minimum absolute atomic E-state index is 0.137. The van der Waals surface area contributed by atoms with E-state index in [0.717, 1.165) is 11.4 Å². The molecule has 2 aliphatic rings. The molecule has 23 heavy (non-hydrogen) atoms. The van der Waals surface area contributed by atoms with Gasteiger partial charge in [-0.05, 0) is 46.5 Å². The predicted molar refractivity (Wildman–Crippen MR) is 97.0 cm³/mol. The van der Waals surface area contributed by atoms with E-state index in [1.165, 1.54) is 22.3 Å². The Morgan fingerprint density at radius 3 is 1.70 bits per heavy atom. The third-order valence-electron chi connectivity index (χ3n) is 5.18. The molecule has 0 heterocycles. The van der Waals surface area contributed by atoms with Crippen LogP contribution in [0.1, 0.15) is 18.1 Å². The van der Waals surface area contributed by atoms with Gasteiger partial charge in [-0.3, -0.25) is 0 Å². The van der Waals surface area contributed by atoms with E-state index in [0.29, 0.717) is 5.92 Å². The van der Waals surface area contributed by atoms with Crippen molar-refractivity contribution in [3.8, 4) is 0 Å². The predicted octanol–water partition coefficient (Wildman–Crippen LogP) is 4.21. The summed E-state index contributed by atoms with van der Waals surface area (Å²) in [4.78, 5) is 0. The van der Waals surface area contributed by atoms with Crippen molar-refractivity contribution in [3.05, 3.63) is 95.1 Å². The molecule has 1 atom stereocenters. The standard InChI is InChI=1S/C21H20N2/c1-21(16-5-9-18(22)10-6-16,17-7-11-19(23)12-8-17)20-14-3-2-4-15(20)13-14/h2-13,20H,22-23H2,1H3. The minimum Gasteiger partial charge on any atom is -0.399 e. The number of anilines is 2. The van der Waals surface area contributed by atoms with Gasteiger partial charge in [-0.25, -0.2) is 0 Å². The van der Waals surface area contributed by atoms with Crippen LogP contribution in [0.5, 0.6) is 0 Å². The number of hydrogen-bond donors (Lipinski definition) is 2. The maximum atomic E-state index is 5.89. The van der Waals surface area contributed by atoms with Gasteiger partial charge in [0.15, 0.2) is 0 Å². The van der Waals surface area contributed by atoms with Gasteiger partial charge in [0.1, 0.15) is 0 Å². The topological polar surface area (TPSA) is 52.0 Å². The summed E-state index contributed by atoms with van der Waals surface area (Å²) < 4.78 is 0. The van der Waals surface area contributed by atoms with Crippen LogP contribution >= 0.6 is 0 Å². The van der Waals surface area contributed by atoms with Crippen LogP contribution in [0.4, 0.5) is 11.4 Å². The third-order valence-corrected chi connectivity index (χ3v) is 5.18. The molecule has 2 aliphatic carbocycles. The van der Waals surface area contributed by atoms with Gasteiger partial charge in [0.2, 0.25) is 0 Å². The maximum absolute atomic E-state index is 5.89. The van der Waals surface area contributed by atoms with E-state index in [4.69, 9.17) is 11.5 Å². The van der Waals surface area contributed by atoms with Crippen molar-refractivity contribution >= 4 is 11.4 Å². The highest BCUT2D eigenvalue weighted by Gasteiger charge is 2.45. The molecule has 0 radical (unpaired) electrons. The summed E-state index contributed by atoms with van der Waals surface area (Å²) in [7, 11) is 0. The SMILES string of the molecule is CC(c1ccc(N)cc1)(c1ccc(N)cc1)C1c2cccc1c2. The van der Waals surface area contributed by atoms with Crippen molar-refractivity contribution in [1.29, 1.82) is 0 Å². The highest BCUT2D eigenvalue weighted by Crippen LogP contribution is 2.52. The zero-order valence-electron chi connectivity index (χ0n) is 13.2. The van der Waals surface area contributed by atoms with Crippen LogP contribution in [0.2, 0.25) is 0 Å². The first-order chi connectivity index (χ1) is 11.1. The van der Waals surface area contributed by atoms with E-state index in [-0.39, 0.29) is 5.41 Å². The largest absolute Gasteiger partial charge is 0.399 e. The number of rotatable bonds is 3. The zero-order chi connectivity index (χ0) is 16.0. The van der Waals surface area contributed by atoms with Crippen molar-refractivity contribution in [1.82, 2.24) is 0 Å². The summed E-state index contributed by atoms with van der Waals surface area (Å²) in [5.41, 5.74) is 18.6. The second-order valence-electron chi connectivity index (χ2n) is 6.55. The Kier molecular flexibility index (Phi) is 2.95. The molecule has 4 rings (SSSR count). The van der Waals surface area contributed by atoms with Crippen LogP contribution in [0, 0.1) is 5.92 Å². The molecule has 2 aromatic rings. The van der Waals surface area contributed by atoms with Gasteiger partial charge in [0, 0.05) is 22.7 Å². The van der Waals surface area contributed by atoms with Crippen LogP contribution in [0.15, 0.2) is 84.0 Å². The Morgan fingerprint density at radius 2 is 1.30 bits per heavy atom. The first-order valence-electron chi connectivity index (χ1n) is 7.91. The summed E-state index contributed by atoms with van der Waals surface area (Å²) in [5.74, 6) is 0.375. The lowest BCUT2D eigenvalue weighted by molar-refractivity contribution is 0.436. The fraction of sp³-hybridized carbons (Fsp3) is 0.143. The van der Waals surface area contributed by atoms with E-state index in [9.17, 15) is 0 Å². The lowest BCUT2D eigenvalue weighted by Crippen LogP contribution is -2.39. The Balaban J connectivity index is 1.89. The van der Waals surface area contributed by atoms with Gasteiger partial charge in [0.25, 0.3) is 0 Å². The second-order valence-corrected chi connectivity index (χ2v) is 6.55. The molecule has 4 N–H and O–H groups in total. The number of hydrogen-bond acceptors (Lipinski definition) is 2. The van der Waals surface area contributed by atoms with Gasteiger partial charge in [-0.15, -0.1) is 0 Å². The number of nitrogen functional groups attached to an aromatic ring is 2. The van der Waals surface area contributed by atoms with E-state index in [1.807, 2.05) is 24.3 Å². The fourth-order valence-corrected chi connectivity index (χ4v) is 3.84. The molecule has 114 valence electrons. The maximum Gasteiger partial charge on any atom is 0.0314 e. The van der Waals surface area contributed by atoms with Crippen molar-refractivity contribution in [2.45, 2.75) is 12.3 Å². The van der Waals surface area contributed by atoms with E-state index < -0.39 is 0 Å². The molecule has 0 aromatic heterocycles. The molecule has 0 saturated carbocycles. The molecule has 2 bridgehead atoms. The summed E-state index contributed by atoms with van der Waals surface area (Å²) in [5, 5.41) is 0. The summed E-state index contributed by atoms with van der Waals surface area (Å²) in [6, 6.07) is 16.5. The quantitative estimate of drug-likeness (QED) is 0.834. The summed E-state index contributed by atoms with van der Waals surface area (Å²) >= 11 is 0. The first kappa shape index (κ1) is 13.9. The molecular formula is C21H20N2. The smallest absolute Gasteiger partial charge is 0.0314 e. The van der Waals surface area contributed by atoms with Crippen molar-refractivity contribution in [3.63, 3.8) is 0 Å². The highest BCUT2D eigenvalue weighted by atomic mass is 14.6. The average molecular weight is 300 g/mol. The Bertz CT molecular complexity index is 779.